The number of ketones is 1. The Morgan fingerprint density at radius 3 is 2.94 bits per heavy atom. The van der Waals surface area contributed by atoms with Crippen LogP contribution in [0.15, 0.2) is 36.5 Å². The van der Waals surface area contributed by atoms with Crippen molar-refractivity contribution in [1.82, 2.24) is 4.98 Å². The topological polar surface area (TPSA) is 30.0 Å². The van der Waals surface area contributed by atoms with Crippen molar-refractivity contribution in [3.8, 4) is 0 Å². The van der Waals surface area contributed by atoms with Gasteiger partial charge >= 0.3 is 0 Å². The number of hydrogen-bond acceptors (Lipinski definition) is 2. The van der Waals surface area contributed by atoms with E-state index in [1.165, 1.54) is 5.56 Å². The number of carbonyl (C=O) groups is 1. The molecule has 0 atom stereocenters. The van der Waals surface area contributed by atoms with Gasteiger partial charge in [-0.2, -0.15) is 0 Å². The highest BCUT2D eigenvalue weighted by Gasteiger charge is 2.02. The summed E-state index contributed by atoms with van der Waals surface area (Å²) in [5, 5.41) is 1.15. The lowest BCUT2D eigenvalue weighted by molar-refractivity contribution is -0.119. The molecule has 88 valence electrons. The Hall–Kier alpha value is -1.70. The van der Waals surface area contributed by atoms with Crippen LogP contribution in [0.25, 0.3) is 10.9 Å². The lowest BCUT2D eigenvalue weighted by atomic mass is 10.0. The van der Waals surface area contributed by atoms with Crippen molar-refractivity contribution in [2.45, 2.75) is 32.6 Å². The molecule has 2 rings (SSSR count). The van der Waals surface area contributed by atoms with Gasteiger partial charge in [-0.15, -0.1) is 0 Å². The third kappa shape index (κ3) is 3.13. The fraction of sp³-hybridized carbons (Fsp3) is 0.333. The predicted molar refractivity (Wildman–Crippen MR) is 70.0 cm³/mol. The first kappa shape index (κ1) is 11.8. The van der Waals surface area contributed by atoms with Crippen LogP contribution in [0.1, 0.15) is 31.7 Å². The van der Waals surface area contributed by atoms with Crippen LogP contribution < -0.4 is 0 Å². The summed E-state index contributed by atoms with van der Waals surface area (Å²) in [4.78, 5) is 15.8. The van der Waals surface area contributed by atoms with Crippen LogP contribution in [-0.2, 0) is 11.2 Å². The van der Waals surface area contributed by atoms with Crippen LogP contribution >= 0.6 is 0 Å². The third-order valence-electron chi connectivity index (χ3n) is 2.89. The van der Waals surface area contributed by atoms with E-state index in [0.29, 0.717) is 18.6 Å². The molecule has 0 unspecified atom stereocenters. The lowest BCUT2D eigenvalue weighted by Crippen LogP contribution is -1.99. The number of hydrogen-bond donors (Lipinski definition) is 0. The molecule has 0 bridgehead atoms. The smallest absolute Gasteiger partial charge is 0.133 e. The molecule has 2 heteroatoms. The highest BCUT2D eigenvalue weighted by molar-refractivity contribution is 5.80. The average molecular weight is 227 g/mol. The third-order valence-corrected chi connectivity index (χ3v) is 2.89. The van der Waals surface area contributed by atoms with Crippen molar-refractivity contribution in [1.29, 1.82) is 0 Å². The minimum atomic E-state index is 0.355. The maximum atomic E-state index is 11.5. The Balaban J connectivity index is 2.06. The zero-order valence-corrected chi connectivity index (χ0v) is 10.1. The fourth-order valence-electron chi connectivity index (χ4n) is 1.96. The van der Waals surface area contributed by atoms with Gasteiger partial charge in [-0.3, -0.25) is 9.78 Å². The molecule has 0 saturated carbocycles. The van der Waals surface area contributed by atoms with Gasteiger partial charge in [-0.25, -0.2) is 0 Å². The van der Waals surface area contributed by atoms with E-state index in [1.54, 1.807) is 6.20 Å². The van der Waals surface area contributed by atoms with Crippen LogP contribution in [0, 0.1) is 0 Å². The lowest BCUT2D eigenvalue weighted by Gasteiger charge is -2.02. The molecule has 1 heterocycles. The summed E-state index contributed by atoms with van der Waals surface area (Å²) in [7, 11) is 0. The van der Waals surface area contributed by atoms with Gasteiger partial charge in [0.25, 0.3) is 0 Å². The Labute approximate surface area is 102 Å². The minimum Gasteiger partial charge on any atom is -0.300 e. The monoisotopic (exact) mass is 227 g/mol. The number of rotatable bonds is 5. The van der Waals surface area contributed by atoms with Crippen molar-refractivity contribution in [3.05, 3.63) is 42.1 Å². The molecular weight excluding hydrogens is 210 g/mol. The van der Waals surface area contributed by atoms with Crippen molar-refractivity contribution < 1.29 is 4.79 Å². The summed E-state index contributed by atoms with van der Waals surface area (Å²) in [5.74, 6) is 0.355. The second kappa shape index (κ2) is 5.58. The van der Waals surface area contributed by atoms with Crippen LogP contribution in [0.4, 0.5) is 0 Å². The molecule has 2 nitrogen and oxygen atoms in total. The van der Waals surface area contributed by atoms with E-state index >= 15 is 0 Å². The molecule has 0 radical (unpaired) electrons. The largest absolute Gasteiger partial charge is 0.300 e. The Kier molecular flexibility index (Phi) is 3.86. The van der Waals surface area contributed by atoms with Gasteiger partial charge in [0.2, 0.25) is 0 Å². The van der Waals surface area contributed by atoms with Gasteiger partial charge < -0.3 is 0 Å². The number of aryl methyl sites for hydroxylation is 1. The van der Waals surface area contributed by atoms with E-state index in [4.69, 9.17) is 0 Å². The van der Waals surface area contributed by atoms with Gasteiger partial charge in [0.15, 0.2) is 0 Å². The van der Waals surface area contributed by atoms with Gasteiger partial charge in [-0.05, 0) is 30.5 Å². The molecule has 2 aromatic rings. The first-order valence-corrected chi connectivity index (χ1v) is 6.15. The van der Waals surface area contributed by atoms with E-state index in [9.17, 15) is 4.79 Å². The predicted octanol–water partition coefficient (Wildman–Crippen LogP) is 3.54. The molecule has 1 aromatic carbocycles. The van der Waals surface area contributed by atoms with Gasteiger partial charge in [0.05, 0.1) is 5.52 Å². The van der Waals surface area contributed by atoms with E-state index in [2.05, 4.69) is 23.2 Å². The number of pyridine rings is 1. The molecule has 0 aliphatic rings. The van der Waals surface area contributed by atoms with Crippen molar-refractivity contribution >= 4 is 16.7 Å². The number of benzene rings is 1. The van der Waals surface area contributed by atoms with E-state index in [0.717, 1.165) is 23.7 Å². The van der Waals surface area contributed by atoms with Gasteiger partial charge in [0, 0.05) is 24.4 Å². The molecule has 1 aromatic heterocycles. The summed E-state index contributed by atoms with van der Waals surface area (Å²) in [6, 6.07) is 10.2. The van der Waals surface area contributed by atoms with Crippen molar-refractivity contribution in [2.24, 2.45) is 0 Å². The SMILES string of the molecule is CCCC(=O)CCc1ccc2cccnc2c1. The Morgan fingerprint density at radius 1 is 1.24 bits per heavy atom. The van der Waals surface area contributed by atoms with Crippen molar-refractivity contribution in [2.75, 3.05) is 0 Å². The van der Waals surface area contributed by atoms with Crippen LogP contribution in [0.2, 0.25) is 0 Å². The van der Waals surface area contributed by atoms with Crippen LogP contribution in [0.3, 0.4) is 0 Å². The first-order chi connectivity index (χ1) is 8.29. The second-order valence-electron chi connectivity index (χ2n) is 4.32. The van der Waals surface area contributed by atoms with E-state index in [1.807, 2.05) is 19.1 Å². The molecule has 17 heavy (non-hydrogen) atoms. The normalized spacial score (nSPS) is 10.6. The summed E-state index contributed by atoms with van der Waals surface area (Å²) in [5.41, 5.74) is 2.20. The highest BCUT2D eigenvalue weighted by atomic mass is 16.1. The molecule has 0 aliphatic carbocycles. The summed E-state index contributed by atoms with van der Waals surface area (Å²) < 4.78 is 0. The molecular formula is C15H17NO. The van der Waals surface area contributed by atoms with E-state index < -0.39 is 0 Å². The summed E-state index contributed by atoms with van der Waals surface area (Å²) >= 11 is 0. The maximum absolute atomic E-state index is 11.5. The minimum absolute atomic E-state index is 0.355. The number of nitrogens with zero attached hydrogens (tertiary/aromatic N) is 1. The zero-order chi connectivity index (χ0) is 12.1. The number of aromatic nitrogens is 1. The van der Waals surface area contributed by atoms with Gasteiger partial charge in [-0.1, -0.05) is 25.1 Å². The maximum Gasteiger partial charge on any atom is 0.133 e. The van der Waals surface area contributed by atoms with Crippen LogP contribution in [0.5, 0.6) is 0 Å². The highest BCUT2D eigenvalue weighted by Crippen LogP contribution is 2.14. The molecule has 0 fully saturated rings. The Bertz CT molecular complexity index is 519. The molecule has 0 N–H and O–H groups in total. The standard InChI is InChI=1S/C15H17NO/c1-2-4-14(17)9-7-12-6-8-13-5-3-10-16-15(13)11-12/h3,5-6,8,10-11H,2,4,7,9H2,1H3. The van der Waals surface area contributed by atoms with Crippen LogP contribution in [-0.4, -0.2) is 10.8 Å². The summed E-state index contributed by atoms with van der Waals surface area (Å²) in [6.07, 6.45) is 4.91. The number of Topliss-reactive ketones (excluding diaryl/α,β-unsaturated/α-hetero) is 1. The van der Waals surface area contributed by atoms with Crippen molar-refractivity contribution in [3.63, 3.8) is 0 Å². The Morgan fingerprint density at radius 2 is 2.12 bits per heavy atom. The summed E-state index contributed by atoms with van der Waals surface area (Å²) in [6.45, 7) is 2.04. The molecule has 0 spiro atoms. The first-order valence-electron chi connectivity index (χ1n) is 6.15. The second-order valence-corrected chi connectivity index (χ2v) is 4.32. The average Bonchev–Trinajstić information content (AvgIpc) is 2.36. The zero-order valence-electron chi connectivity index (χ0n) is 10.1. The fourth-order valence-corrected chi connectivity index (χ4v) is 1.96. The van der Waals surface area contributed by atoms with Gasteiger partial charge in [0.1, 0.15) is 5.78 Å². The number of fused-ring (bicyclic) bond motifs is 1. The van der Waals surface area contributed by atoms with E-state index in [-0.39, 0.29) is 0 Å². The quantitative estimate of drug-likeness (QED) is 0.782. The number of carbonyl (C=O) groups excluding carboxylic acids is 1. The molecule has 0 saturated heterocycles. The molecule has 0 aliphatic heterocycles. The molecule has 0 amide bonds.